The summed E-state index contributed by atoms with van der Waals surface area (Å²) in [7, 11) is 0. The SMILES string of the molecule is CCc1nn2c(=O)cc(CN3CC[C@@H]4CNC[C@@H]43)nc2s1. The number of fused-ring (bicyclic) bond motifs is 2. The van der Waals surface area contributed by atoms with E-state index in [9.17, 15) is 4.79 Å². The van der Waals surface area contributed by atoms with Crippen molar-refractivity contribution in [3.63, 3.8) is 0 Å². The van der Waals surface area contributed by atoms with Crippen LogP contribution >= 0.6 is 11.3 Å². The van der Waals surface area contributed by atoms with Gasteiger partial charge in [0.05, 0.1) is 5.69 Å². The third-order valence-electron chi connectivity index (χ3n) is 4.57. The second-order valence-corrected chi connectivity index (χ2v) is 6.91. The third-order valence-corrected chi connectivity index (χ3v) is 5.62. The molecule has 0 saturated carbocycles. The summed E-state index contributed by atoms with van der Waals surface area (Å²) < 4.78 is 1.43. The fraction of sp³-hybridized carbons (Fsp3) is 0.643. The van der Waals surface area contributed by atoms with E-state index in [2.05, 4.69) is 20.3 Å². The summed E-state index contributed by atoms with van der Waals surface area (Å²) in [6.07, 6.45) is 2.09. The minimum absolute atomic E-state index is 0.0637. The number of nitrogens with zero attached hydrogens (tertiary/aromatic N) is 4. The minimum Gasteiger partial charge on any atom is -0.315 e. The second-order valence-electron chi connectivity index (χ2n) is 5.87. The van der Waals surface area contributed by atoms with Crippen LogP contribution in [0.3, 0.4) is 0 Å². The Bertz CT molecular complexity index is 724. The fourth-order valence-electron chi connectivity index (χ4n) is 3.46. The number of rotatable bonds is 3. The largest absolute Gasteiger partial charge is 0.315 e. The van der Waals surface area contributed by atoms with Crippen LogP contribution in [0, 0.1) is 5.92 Å². The Hall–Kier alpha value is -1.31. The molecule has 2 aliphatic rings. The quantitative estimate of drug-likeness (QED) is 0.895. The van der Waals surface area contributed by atoms with E-state index in [1.54, 1.807) is 6.07 Å². The van der Waals surface area contributed by atoms with Crippen LogP contribution in [0.5, 0.6) is 0 Å². The molecule has 7 heteroatoms. The first kappa shape index (κ1) is 13.4. The average molecular weight is 305 g/mol. The molecule has 0 spiro atoms. The molecule has 2 aromatic heterocycles. The molecule has 0 bridgehead atoms. The first-order valence-corrected chi connectivity index (χ1v) is 8.39. The highest BCUT2D eigenvalue weighted by atomic mass is 32.1. The van der Waals surface area contributed by atoms with Gasteiger partial charge in [0.25, 0.3) is 5.56 Å². The molecule has 2 aliphatic heterocycles. The van der Waals surface area contributed by atoms with E-state index in [1.165, 1.54) is 22.3 Å². The molecule has 4 heterocycles. The van der Waals surface area contributed by atoms with Crippen molar-refractivity contribution in [2.45, 2.75) is 32.4 Å². The van der Waals surface area contributed by atoms with E-state index in [1.807, 2.05) is 6.92 Å². The topological polar surface area (TPSA) is 62.5 Å². The van der Waals surface area contributed by atoms with Crippen LogP contribution in [0.1, 0.15) is 24.0 Å². The Morgan fingerprint density at radius 2 is 2.38 bits per heavy atom. The lowest BCUT2D eigenvalue weighted by molar-refractivity contribution is 0.241. The third kappa shape index (κ3) is 2.29. The number of aryl methyl sites for hydroxylation is 1. The number of hydrogen-bond donors (Lipinski definition) is 1. The van der Waals surface area contributed by atoms with Gasteiger partial charge < -0.3 is 5.32 Å². The molecule has 0 aromatic carbocycles. The molecule has 0 amide bonds. The zero-order chi connectivity index (χ0) is 14.4. The zero-order valence-corrected chi connectivity index (χ0v) is 12.9. The van der Waals surface area contributed by atoms with Crippen LogP contribution < -0.4 is 10.9 Å². The van der Waals surface area contributed by atoms with Crippen molar-refractivity contribution in [3.05, 3.63) is 27.1 Å². The molecule has 0 aliphatic carbocycles. The molecule has 0 radical (unpaired) electrons. The van der Waals surface area contributed by atoms with Crippen molar-refractivity contribution >= 4 is 16.3 Å². The normalized spacial score (nSPS) is 25.8. The van der Waals surface area contributed by atoms with Gasteiger partial charge in [0.15, 0.2) is 0 Å². The first-order chi connectivity index (χ1) is 10.2. The fourth-order valence-corrected chi connectivity index (χ4v) is 4.32. The van der Waals surface area contributed by atoms with Gasteiger partial charge in [-0.25, -0.2) is 4.98 Å². The lowest BCUT2D eigenvalue weighted by atomic mass is 10.1. The molecule has 4 rings (SSSR count). The summed E-state index contributed by atoms with van der Waals surface area (Å²) in [6, 6.07) is 2.25. The van der Waals surface area contributed by atoms with Gasteiger partial charge in [-0.1, -0.05) is 18.3 Å². The molecule has 2 saturated heterocycles. The monoisotopic (exact) mass is 305 g/mol. The van der Waals surface area contributed by atoms with Gasteiger partial charge in [-0.15, -0.1) is 0 Å². The maximum Gasteiger partial charge on any atom is 0.275 e. The molecule has 2 atom stereocenters. The van der Waals surface area contributed by atoms with Gasteiger partial charge in [-0.2, -0.15) is 9.61 Å². The van der Waals surface area contributed by atoms with Crippen LogP contribution in [-0.2, 0) is 13.0 Å². The van der Waals surface area contributed by atoms with Crippen molar-refractivity contribution in [2.75, 3.05) is 19.6 Å². The summed E-state index contributed by atoms with van der Waals surface area (Å²) in [5.41, 5.74) is 0.810. The Kier molecular flexibility index (Phi) is 3.28. The van der Waals surface area contributed by atoms with Gasteiger partial charge in [-0.05, 0) is 31.8 Å². The molecule has 6 nitrogen and oxygen atoms in total. The van der Waals surface area contributed by atoms with E-state index >= 15 is 0 Å². The molecule has 0 unspecified atom stereocenters. The molecule has 112 valence electrons. The number of nitrogens with one attached hydrogen (secondary N) is 1. The highest BCUT2D eigenvalue weighted by molar-refractivity contribution is 7.16. The predicted octanol–water partition coefficient (Wildman–Crippen LogP) is 0.507. The van der Waals surface area contributed by atoms with E-state index < -0.39 is 0 Å². The molecule has 2 fully saturated rings. The maximum absolute atomic E-state index is 12.2. The second kappa shape index (κ2) is 5.15. The molecule has 21 heavy (non-hydrogen) atoms. The maximum atomic E-state index is 12.2. The van der Waals surface area contributed by atoms with E-state index in [-0.39, 0.29) is 5.56 Å². The standard InChI is InChI=1S/C14H19N5OS/c1-2-12-17-19-13(20)5-10(16-14(19)21-12)8-18-4-3-9-6-15-7-11(9)18/h5,9,11,15H,2-4,6-8H2,1H3/t9-,11+/m1/s1. The first-order valence-electron chi connectivity index (χ1n) is 7.58. The van der Waals surface area contributed by atoms with Crippen LogP contribution in [0.4, 0.5) is 0 Å². The summed E-state index contributed by atoms with van der Waals surface area (Å²) in [6.45, 7) is 6.12. The lowest BCUT2D eigenvalue weighted by Gasteiger charge is -2.22. The van der Waals surface area contributed by atoms with E-state index in [0.29, 0.717) is 6.04 Å². The van der Waals surface area contributed by atoms with Crippen molar-refractivity contribution in [1.29, 1.82) is 0 Å². The summed E-state index contributed by atoms with van der Waals surface area (Å²) >= 11 is 1.51. The number of aromatic nitrogens is 3. The molecular weight excluding hydrogens is 286 g/mol. The smallest absolute Gasteiger partial charge is 0.275 e. The molecular formula is C14H19N5OS. The van der Waals surface area contributed by atoms with Crippen molar-refractivity contribution in [3.8, 4) is 0 Å². The van der Waals surface area contributed by atoms with Gasteiger partial charge in [0, 0.05) is 25.2 Å². The summed E-state index contributed by atoms with van der Waals surface area (Å²) in [4.78, 5) is 20.0. The minimum atomic E-state index is -0.0637. The predicted molar refractivity (Wildman–Crippen MR) is 81.7 cm³/mol. The Labute approximate surface area is 126 Å². The van der Waals surface area contributed by atoms with Crippen molar-refractivity contribution < 1.29 is 0 Å². The van der Waals surface area contributed by atoms with E-state index in [0.717, 1.165) is 54.2 Å². The van der Waals surface area contributed by atoms with Crippen LogP contribution in [-0.4, -0.2) is 45.2 Å². The molecule has 2 aromatic rings. The van der Waals surface area contributed by atoms with Crippen molar-refractivity contribution in [2.24, 2.45) is 5.92 Å². The van der Waals surface area contributed by atoms with Crippen LogP contribution in [0.2, 0.25) is 0 Å². The highest BCUT2D eigenvalue weighted by Crippen LogP contribution is 2.28. The Morgan fingerprint density at radius 1 is 1.48 bits per heavy atom. The zero-order valence-electron chi connectivity index (χ0n) is 12.1. The Morgan fingerprint density at radius 3 is 3.24 bits per heavy atom. The van der Waals surface area contributed by atoms with Crippen molar-refractivity contribution in [1.82, 2.24) is 24.8 Å². The number of likely N-dealkylation sites (tertiary alicyclic amines) is 1. The Balaban J connectivity index is 1.63. The summed E-state index contributed by atoms with van der Waals surface area (Å²) in [5, 5.41) is 8.71. The van der Waals surface area contributed by atoms with Gasteiger partial charge >= 0.3 is 0 Å². The number of hydrogen-bond acceptors (Lipinski definition) is 6. The van der Waals surface area contributed by atoms with Gasteiger partial charge in [0.2, 0.25) is 4.96 Å². The highest BCUT2D eigenvalue weighted by Gasteiger charge is 2.37. The van der Waals surface area contributed by atoms with Gasteiger partial charge in [-0.3, -0.25) is 9.69 Å². The summed E-state index contributed by atoms with van der Waals surface area (Å²) in [5.74, 6) is 0.768. The van der Waals surface area contributed by atoms with E-state index in [4.69, 9.17) is 0 Å². The molecule has 1 N–H and O–H groups in total. The van der Waals surface area contributed by atoms with Crippen LogP contribution in [0.15, 0.2) is 10.9 Å². The average Bonchev–Trinajstić information content (AvgIpc) is 3.15. The van der Waals surface area contributed by atoms with Crippen LogP contribution in [0.25, 0.3) is 4.96 Å². The van der Waals surface area contributed by atoms with Gasteiger partial charge in [0.1, 0.15) is 5.01 Å². The lowest BCUT2D eigenvalue weighted by Crippen LogP contribution is -2.34.